The number of nitrogens with two attached hydrogens (primary N) is 1. The molecule has 61 heavy (non-hydrogen) atoms. The van der Waals surface area contributed by atoms with Crippen molar-refractivity contribution in [2.75, 3.05) is 19.8 Å². The van der Waals surface area contributed by atoms with Gasteiger partial charge in [0.25, 0.3) is 0 Å². The Morgan fingerprint density at radius 2 is 0.984 bits per heavy atom. The van der Waals surface area contributed by atoms with Crippen LogP contribution in [0.15, 0.2) is 60.8 Å². The molecule has 0 rings (SSSR count). The summed E-state index contributed by atoms with van der Waals surface area (Å²) in [6, 6.07) is -1.01. The van der Waals surface area contributed by atoms with Gasteiger partial charge in [-0.1, -0.05) is 197 Å². The van der Waals surface area contributed by atoms with Crippen molar-refractivity contribution in [2.24, 2.45) is 5.73 Å². The lowest BCUT2D eigenvalue weighted by molar-refractivity contribution is -0.124. The number of aliphatic hydroxyl groups is 2. The number of allylic oxidation sites excluding steroid dienone is 9. The molecule has 0 saturated carbocycles. The second kappa shape index (κ2) is 46.2. The van der Waals surface area contributed by atoms with Crippen LogP contribution in [0.3, 0.4) is 0 Å². The van der Waals surface area contributed by atoms with Crippen molar-refractivity contribution in [1.29, 1.82) is 0 Å². The maximum atomic E-state index is 12.9. The van der Waals surface area contributed by atoms with Crippen LogP contribution in [-0.4, -0.2) is 59.0 Å². The SMILES string of the molecule is CCCCCCCCCC/C=C/CC/C=C/CC/C=C/C(O)C(COP(=O)(O)OCCN)NC(=O)CC(O)CCCCCCC/C=C\C/C=C\CCCCCCCCCCC. The molecule has 0 aliphatic rings. The van der Waals surface area contributed by atoms with E-state index >= 15 is 0 Å². The third-order valence-electron chi connectivity index (χ3n) is 10.8. The minimum Gasteiger partial charge on any atom is -0.393 e. The van der Waals surface area contributed by atoms with Crippen LogP contribution in [0.4, 0.5) is 0 Å². The number of carbonyl (C=O) groups excluding carboxylic acids is 1. The minimum absolute atomic E-state index is 0.0384. The van der Waals surface area contributed by atoms with Crippen LogP contribution in [-0.2, 0) is 18.4 Å². The van der Waals surface area contributed by atoms with Gasteiger partial charge in [-0.05, 0) is 77.0 Å². The fourth-order valence-electron chi connectivity index (χ4n) is 7.06. The molecule has 0 saturated heterocycles. The molecule has 6 N–H and O–H groups in total. The first-order valence-electron chi connectivity index (χ1n) is 25.0. The van der Waals surface area contributed by atoms with E-state index in [1.54, 1.807) is 6.08 Å². The molecule has 0 aliphatic carbocycles. The number of hydrogen-bond donors (Lipinski definition) is 5. The van der Waals surface area contributed by atoms with E-state index in [0.29, 0.717) is 12.8 Å². The van der Waals surface area contributed by atoms with E-state index < -0.39 is 38.6 Å². The molecule has 4 unspecified atom stereocenters. The molecule has 0 bridgehead atoms. The van der Waals surface area contributed by atoms with E-state index in [1.165, 1.54) is 116 Å². The zero-order chi connectivity index (χ0) is 44.8. The van der Waals surface area contributed by atoms with Crippen molar-refractivity contribution in [3.8, 4) is 0 Å². The molecule has 0 spiro atoms. The predicted octanol–water partition coefficient (Wildman–Crippen LogP) is 13.6. The van der Waals surface area contributed by atoms with Gasteiger partial charge in [0, 0.05) is 6.54 Å². The summed E-state index contributed by atoms with van der Waals surface area (Å²) in [5.41, 5.74) is 5.37. The second-order valence-electron chi connectivity index (χ2n) is 16.8. The highest BCUT2D eigenvalue weighted by molar-refractivity contribution is 7.47. The lowest BCUT2D eigenvalue weighted by Gasteiger charge is -2.24. The summed E-state index contributed by atoms with van der Waals surface area (Å²) in [6.07, 6.45) is 56.0. The molecule has 9 nitrogen and oxygen atoms in total. The van der Waals surface area contributed by atoms with Crippen LogP contribution in [0.25, 0.3) is 0 Å². The smallest absolute Gasteiger partial charge is 0.393 e. The Balaban J connectivity index is 4.32. The topological polar surface area (TPSA) is 151 Å². The maximum Gasteiger partial charge on any atom is 0.472 e. The van der Waals surface area contributed by atoms with Crippen LogP contribution in [0.5, 0.6) is 0 Å². The highest BCUT2D eigenvalue weighted by atomic mass is 31.2. The minimum atomic E-state index is -4.42. The van der Waals surface area contributed by atoms with Gasteiger partial charge in [-0.2, -0.15) is 0 Å². The van der Waals surface area contributed by atoms with E-state index in [-0.39, 0.29) is 19.6 Å². The van der Waals surface area contributed by atoms with Crippen LogP contribution in [0.1, 0.15) is 219 Å². The van der Waals surface area contributed by atoms with Gasteiger partial charge in [0.15, 0.2) is 0 Å². The van der Waals surface area contributed by atoms with Crippen LogP contribution < -0.4 is 11.1 Å². The lowest BCUT2D eigenvalue weighted by Crippen LogP contribution is -2.46. The number of amides is 1. The maximum absolute atomic E-state index is 12.9. The van der Waals surface area contributed by atoms with Crippen molar-refractivity contribution in [3.05, 3.63) is 60.8 Å². The lowest BCUT2D eigenvalue weighted by atomic mass is 10.0. The van der Waals surface area contributed by atoms with Gasteiger partial charge in [-0.15, -0.1) is 0 Å². The van der Waals surface area contributed by atoms with E-state index in [1.807, 2.05) is 6.08 Å². The quantitative estimate of drug-likeness (QED) is 0.0230. The Bertz CT molecular complexity index is 1160. The van der Waals surface area contributed by atoms with E-state index in [0.717, 1.165) is 70.6 Å². The molecule has 4 atom stereocenters. The first kappa shape index (κ1) is 59.2. The Hall–Kier alpha value is -1.84. The van der Waals surface area contributed by atoms with Crippen molar-refractivity contribution < 1.29 is 33.5 Å². The first-order chi connectivity index (χ1) is 29.8. The molecule has 0 aliphatic heterocycles. The van der Waals surface area contributed by atoms with Gasteiger partial charge in [-0.3, -0.25) is 13.8 Å². The Morgan fingerprint density at radius 3 is 1.46 bits per heavy atom. The molecule has 356 valence electrons. The predicted molar refractivity (Wildman–Crippen MR) is 260 cm³/mol. The monoisotopic (exact) mass is 879 g/mol. The van der Waals surface area contributed by atoms with E-state index in [9.17, 15) is 24.5 Å². The number of phosphoric ester groups is 1. The Morgan fingerprint density at radius 1 is 0.574 bits per heavy atom. The average Bonchev–Trinajstić information content (AvgIpc) is 3.24. The van der Waals surface area contributed by atoms with Crippen molar-refractivity contribution >= 4 is 13.7 Å². The molecule has 0 heterocycles. The molecule has 0 fully saturated rings. The van der Waals surface area contributed by atoms with Gasteiger partial charge >= 0.3 is 7.82 Å². The molecule has 0 aromatic carbocycles. The summed E-state index contributed by atoms with van der Waals surface area (Å²) >= 11 is 0. The van der Waals surface area contributed by atoms with Gasteiger partial charge in [0.1, 0.15) is 0 Å². The zero-order valence-corrected chi connectivity index (χ0v) is 40.1. The van der Waals surface area contributed by atoms with Crippen molar-refractivity contribution in [3.63, 3.8) is 0 Å². The molecular weight excluding hydrogens is 784 g/mol. The summed E-state index contributed by atoms with van der Waals surface area (Å²) in [7, 11) is -4.42. The number of aliphatic hydroxyl groups excluding tert-OH is 2. The summed E-state index contributed by atoms with van der Waals surface area (Å²) < 4.78 is 22.1. The number of nitrogens with one attached hydrogen (secondary N) is 1. The first-order valence-corrected chi connectivity index (χ1v) is 26.5. The molecule has 0 aromatic heterocycles. The van der Waals surface area contributed by atoms with Crippen molar-refractivity contribution in [2.45, 2.75) is 238 Å². The highest BCUT2D eigenvalue weighted by Crippen LogP contribution is 2.43. The zero-order valence-electron chi connectivity index (χ0n) is 39.3. The summed E-state index contributed by atoms with van der Waals surface area (Å²) in [4.78, 5) is 22.8. The van der Waals surface area contributed by atoms with Crippen LogP contribution in [0.2, 0.25) is 0 Å². The highest BCUT2D eigenvalue weighted by Gasteiger charge is 2.27. The van der Waals surface area contributed by atoms with Gasteiger partial charge in [0.2, 0.25) is 5.91 Å². The summed E-state index contributed by atoms with van der Waals surface area (Å²) in [5, 5.41) is 24.1. The number of hydrogen-bond acceptors (Lipinski definition) is 7. The van der Waals surface area contributed by atoms with Crippen molar-refractivity contribution in [1.82, 2.24) is 5.32 Å². The number of phosphoric acid groups is 1. The number of rotatable bonds is 46. The molecule has 10 heteroatoms. The second-order valence-corrected chi connectivity index (χ2v) is 18.3. The third kappa shape index (κ3) is 44.6. The summed E-state index contributed by atoms with van der Waals surface area (Å²) in [6.45, 7) is 3.94. The molecule has 0 aromatic rings. The summed E-state index contributed by atoms with van der Waals surface area (Å²) in [5.74, 6) is -0.468. The fourth-order valence-corrected chi connectivity index (χ4v) is 7.82. The molecule has 0 radical (unpaired) electrons. The van der Waals surface area contributed by atoms with Gasteiger partial charge < -0.3 is 26.2 Å². The standard InChI is InChI=1S/C51H95N2O7P/c1-3-5-7-9-11-13-15-17-19-21-23-24-25-26-28-30-32-34-36-38-40-42-48(54)46-51(56)53-49(47-60-61(57,58)59-45-44-52)50(55)43-41-39-37-35-33-31-29-27-22-20-18-16-14-12-10-8-6-4-2/h22-24,26-28,33,35,41,43,48-50,54-55H,3-21,25,29-32,34,36-40,42,44-47,52H2,1-2H3,(H,53,56)(H,57,58)/b24-23-,27-22+,28-26-,35-33+,43-41+. The van der Waals surface area contributed by atoms with Gasteiger partial charge in [-0.25, -0.2) is 4.57 Å². The van der Waals surface area contributed by atoms with Crippen LogP contribution in [0, 0.1) is 0 Å². The normalized spacial score (nSPS) is 14.9. The van der Waals surface area contributed by atoms with E-state index in [4.69, 9.17) is 14.8 Å². The average molecular weight is 879 g/mol. The Labute approximate surface area is 375 Å². The van der Waals surface area contributed by atoms with Gasteiger partial charge in [0.05, 0.1) is 37.9 Å². The van der Waals surface area contributed by atoms with Crippen LogP contribution >= 0.6 is 7.82 Å². The number of carbonyl (C=O) groups is 1. The fraction of sp³-hybridized carbons (Fsp3) is 0.784. The molecular formula is C51H95N2O7P. The number of unbranched alkanes of at least 4 members (excludes halogenated alkanes) is 24. The van der Waals surface area contributed by atoms with E-state index in [2.05, 4.69) is 67.8 Å². The third-order valence-corrected chi connectivity index (χ3v) is 11.8. The Kier molecular flexibility index (Phi) is 44.8. The largest absolute Gasteiger partial charge is 0.472 e. The molecule has 1 amide bonds.